The first-order valence-electron chi connectivity index (χ1n) is 8.10. The molecule has 2 heterocycles. The number of halogens is 1. The first-order valence-corrected chi connectivity index (χ1v) is 8.10. The molecule has 0 aliphatic carbocycles. The second-order valence-electron chi connectivity index (χ2n) is 5.70. The van der Waals surface area contributed by atoms with Gasteiger partial charge in [0.05, 0.1) is 11.4 Å². The lowest BCUT2D eigenvalue weighted by molar-refractivity contribution is 0.251. The topological polar surface area (TPSA) is 103 Å². The molecule has 10 heteroatoms. The van der Waals surface area contributed by atoms with Crippen LogP contribution in [0.25, 0.3) is 5.69 Å². The van der Waals surface area contributed by atoms with Gasteiger partial charge in [0, 0.05) is 13.1 Å². The van der Waals surface area contributed by atoms with Gasteiger partial charge in [-0.3, -0.25) is 9.25 Å². The first kappa shape index (κ1) is 17.5. The van der Waals surface area contributed by atoms with E-state index in [4.69, 9.17) is 0 Å². The van der Waals surface area contributed by atoms with Gasteiger partial charge >= 0.3 is 6.03 Å². The van der Waals surface area contributed by atoms with Crippen LogP contribution in [0.5, 0.6) is 0 Å². The van der Waals surface area contributed by atoms with E-state index < -0.39 is 11.8 Å². The van der Waals surface area contributed by atoms with E-state index >= 15 is 0 Å². The number of rotatable bonds is 6. The minimum Gasteiger partial charge on any atom is -0.338 e. The minimum absolute atomic E-state index is 0.0800. The molecule has 3 aromatic rings. The van der Waals surface area contributed by atoms with Crippen molar-refractivity contribution in [3.8, 4) is 5.69 Å². The number of hydrogen-bond donors (Lipinski definition) is 2. The van der Waals surface area contributed by atoms with Crippen LogP contribution in [0.3, 0.4) is 0 Å². The van der Waals surface area contributed by atoms with Crippen LogP contribution in [-0.4, -0.2) is 42.1 Å². The van der Waals surface area contributed by atoms with Gasteiger partial charge in [0.2, 0.25) is 0 Å². The second kappa shape index (κ2) is 7.72. The quantitative estimate of drug-likeness (QED) is 0.655. The molecule has 0 spiro atoms. The lowest BCUT2D eigenvalue weighted by Crippen LogP contribution is -2.30. The van der Waals surface area contributed by atoms with Crippen LogP contribution in [-0.2, 0) is 6.54 Å². The highest BCUT2D eigenvalue weighted by Gasteiger charge is 2.09. The van der Waals surface area contributed by atoms with Crippen molar-refractivity contribution in [2.24, 2.45) is 0 Å². The van der Waals surface area contributed by atoms with Crippen LogP contribution in [0.4, 0.5) is 14.9 Å². The molecular formula is C16H19FN8O. The van der Waals surface area contributed by atoms with Crippen LogP contribution in [0.1, 0.15) is 18.1 Å². The van der Waals surface area contributed by atoms with Crippen molar-refractivity contribution < 1.29 is 9.18 Å². The number of nitrogens with one attached hydrogen (secondary N) is 2. The van der Waals surface area contributed by atoms with E-state index in [0.29, 0.717) is 25.2 Å². The van der Waals surface area contributed by atoms with E-state index in [1.54, 1.807) is 15.3 Å². The van der Waals surface area contributed by atoms with Gasteiger partial charge < -0.3 is 10.6 Å². The van der Waals surface area contributed by atoms with Crippen LogP contribution >= 0.6 is 0 Å². The van der Waals surface area contributed by atoms with Crippen molar-refractivity contribution in [2.75, 3.05) is 11.9 Å². The summed E-state index contributed by atoms with van der Waals surface area (Å²) in [6.07, 6.45) is 3.66. The summed E-state index contributed by atoms with van der Waals surface area (Å²) >= 11 is 0. The van der Waals surface area contributed by atoms with E-state index in [1.807, 2.05) is 13.8 Å². The fraction of sp³-hybridized carbons (Fsp3) is 0.312. The molecule has 0 aliphatic rings. The van der Waals surface area contributed by atoms with Gasteiger partial charge in [0.1, 0.15) is 30.1 Å². The third-order valence-corrected chi connectivity index (χ3v) is 3.71. The Labute approximate surface area is 149 Å². The summed E-state index contributed by atoms with van der Waals surface area (Å²) in [6.45, 7) is 4.78. The summed E-state index contributed by atoms with van der Waals surface area (Å²) in [7, 11) is 0. The minimum atomic E-state index is -0.523. The van der Waals surface area contributed by atoms with Crippen LogP contribution in [0.2, 0.25) is 0 Å². The molecule has 136 valence electrons. The van der Waals surface area contributed by atoms with E-state index in [2.05, 4.69) is 30.9 Å². The molecule has 0 saturated heterocycles. The number of hydrogen-bond acceptors (Lipinski definition) is 5. The highest BCUT2D eigenvalue weighted by Crippen LogP contribution is 2.18. The molecule has 1 aromatic carbocycles. The lowest BCUT2D eigenvalue weighted by Gasteiger charge is -2.10. The van der Waals surface area contributed by atoms with Crippen molar-refractivity contribution in [1.29, 1.82) is 0 Å². The van der Waals surface area contributed by atoms with Gasteiger partial charge in [-0.2, -0.15) is 5.10 Å². The SMILES string of the molecule is Cc1nc(C)n(CCCNC(=O)Nc2cc(-n3cnnc3)ccc2F)n1. The summed E-state index contributed by atoms with van der Waals surface area (Å²) in [6, 6.07) is 3.89. The average molecular weight is 358 g/mol. The Balaban J connectivity index is 1.51. The molecule has 2 amide bonds. The Morgan fingerprint density at radius 2 is 2.00 bits per heavy atom. The summed E-state index contributed by atoms with van der Waals surface area (Å²) in [5.74, 6) is 1.03. The Bertz CT molecular complexity index is 890. The largest absolute Gasteiger partial charge is 0.338 e. The zero-order valence-corrected chi connectivity index (χ0v) is 14.5. The maximum absolute atomic E-state index is 13.9. The molecule has 0 atom stereocenters. The predicted octanol–water partition coefficient (Wildman–Crippen LogP) is 1.83. The predicted molar refractivity (Wildman–Crippen MR) is 92.5 cm³/mol. The maximum atomic E-state index is 13.9. The van der Waals surface area contributed by atoms with Crippen molar-refractivity contribution >= 4 is 11.7 Å². The molecular weight excluding hydrogens is 339 g/mol. The van der Waals surface area contributed by atoms with E-state index in [9.17, 15) is 9.18 Å². The molecule has 2 aromatic heterocycles. The Morgan fingerprint density at radius 1 is 1.23 bits per heavy atom. The molecule has 0 bridgehead atoms. The van der Waals surface area contributed by atoms with E-state index in [1.165, 1.54) is 24.8 Å². The maximum Gasteiger partial charge on any atom is 0.319 e. The molecule has 0 unspecified atom stereocenters. The average Bonchev–Trinajstić information content (AvgIpc) is 3.23. The van der Waals surface area contributed by atoms with E-state index in [0.717, 1.165) is 11.6 Å². The number of anilines is 1. The number of aryl methyl sites for hydroxylation is 3. The molecule has 3 rings (SSSR count). The number of carbonyl (C=O) groups is 1. The van der Waals surface area contributed by atoms with Crippen LogP contribution in [0.15, 0.2) is 30.9 Å². The number of benzene rings is 1. The highest BCUT2D eigenvalue weighted by atomic mass is 19.1. The molecule has 9 nitrogen and oxygen atoms in total. The second-order valence-corrected chi connectivity index (χ2v) is 5.70. The number of amides is 2. The smallest absolute Gasteiger partial charge is 0.319 e. The molecule has 2 N–H and O–H groups in total. The standard InChI is InChI=1S/C16H19FN8O/c1-11-21-12(2)25(23-11)7-3-6-18-16(26)22-15-8-13(4-5-14(15)17)24-9-19-20-10-24/h4-5,8-10H,3,6-7H2,1-2H3,(H2,18,22,26). The van der Waals surface area contributed by atoms with Crippen molar-refractivity contribution in [3.05, 3.63) is 48.3 Å². The number of aromatic nitrogens is 6. The third-order valence-electron chi connectivity index (χ3n) is 3.71. The lowest BCUT2D eigenvalue weighted by atomic mass is 10.2. The number of urea groups is 1. The third kappa shape index (κ3) is 4.21. The summed E-state index contributed by atoms with van der Waals surface area (Å²) in [4.78, 5) is 16.2. The van der Waals surface area contributed by atoms with Crippen molar-refractivity contribution in [2.45, 2.75) is 26.8 Å². The van der Waals surface area contributed by atoms with Gasteiger partial charge in [0.25, 0.3) is 0 Å². The Kier molecular flexibility index (Phi) is 5.20. The molecule has 26 heavy (non-hydrogen) atoms. The fourth-order valence-corrected chi connectivity index (χ4v) is 2.47. The van der Waals surface area contributed by atoms with E-state index in [-0.39, 0.29) is 5.69 Å². The Morgan fingerprint density at radius 3 is 2.69 bits per heavy atom. The van der Waals surface area contributed by atoms with Gasteiger partial charge in [-0.25, -0.2) is 14.2 Å². The molecule has 0 saturated carbocycles. The van der Waals surface area contributed by atoms with Gasteiger partial charge in [-0.15, -0.1) is 10.2 Å². The highest BCUT2D eigenvalue weighted by molar-refractivity contribution is 5.89. The van der Waals surface area contributed by atoms with Crippen LogP contribution < -0.4 is 10.6 Å². The monoisotopic (exact) mass is 358 g/mol. The molecule has 0 radical (unpaired) electrons. The van der Waals surface area contributed by atoms with Gasteiger partial charge in [-0.1, -0.05) is 0 Å². The first-order chi connectivity index (χ1) is 12.5. The van der Waals surface area contributed by atoms with Gasteiger partial charge in [-0.05, 0) is 38.5 Å². The molecule has 0 aliphatic heterocycles. The normalized spacial score (nSPS) is 10.7. The van der Waals surface area contributed by atoms with Crippen LogP contribution in [0, 0.1) is 19.7 Å². The van der Waals surface area contributed by atoms with Crippen molar-refractivity contribution in [3.63, 3.8) is 0 Å². The number of carbonyl (C=O) groups excluding carboxylic acids is 1. The fourth-order valence-electron chi connectivity index (χ4n) is 2.47. The zero-order chi connectivity index (χ0) is 18.5. The Hall–Kier alpha value is -3.30. The molecule has 0 fully saturated rings. The summed E-state index contributed by atoms with van der Waals surface area (Å²) < 4.78 is 17.3. The van der Waals surface area contributed by atoms with Crippen molar-refractivity contribution in [1.82, 2.24) is 34.8 Å². The number of nitrogens with zero attached hydrogens (tertiary/aromatic N) is 6. The van der Waals surface area contributed by atoms with Gasteiger partial charge in [0.15, 0.2) is 0 Å². The summed E-state index contributed by atoms with van der Waals surface area (Å²) in [5, 5.41) is 16.9. The summed E-state index contributed by atoms with van der Waals surface area (Å²) in [5.41, 5.74) is 0.722. The zero-order valence-electron chi connectivity index (χ0n) is 14.5.